The third-order valence-electron chi connectivity index (χ3n) is 6.11. The molecule has 4 aromatic rings. The van der Waals surface area contributed by atoms with Crippen LogP contribution in [-0.2, 0) is 16.6 Å². The number of nitrogens with two attached hydrogens (primary N) is 1. The summed E-state index contributed by atoms with van der Waals surface area (Å²) in [7, 11) is 0. The molecule has 1 amide bonds. The van der Waals surface area contributed by atoms with Crippen molar-refractivity contribution in [2.24, 2.45) is 0 Å². The van der Waals surface area contributed by atoms with Gasteiger partial charge in [-0.2, -0.15) is 13.2 Å². The number of fused-ring (bicyclic) bond motifs is 2. The summed E-state index contributed by atoms with van der Waals surface area (Å²) in [6.07, 6.45) is -6.41. The summed E-state index contributed by atoms with van der Waals surface area (Å²) in [6.45, 7) is 1.51. The van der Waals surface area contributed by atoms with Gasteiger partial charge in [0, 0.05) is 31.4 Å². The summed E-state index contributed by atoms with van der Waals surface area (Å²) in [6, 6.07) is 4.73. The second-order valence-electron chi connectivity index (χ2n) is 8.65. The van der Waals surface area contributed by atoms with Crippen molar-refractivity contribution in [3.63, 3.8) is 0 Å². The summed E-state index contributed by atoms with van der Waals surface area (Å²) in [5.74, 6) is -1.15. The quantitative estimate of drug-likeness (QED) is 0.362. The van der Waals surface area contributed by atoms with Crippen molar-refractivity contribution >= 4 is 23.2 Å². The lowest BCUT2D eigenvalue weighted by Crippen LogP contribution is -2.33. The molecular formula is C23H17F6N7O2. The molecule has 1 unspecified atom stereocenters. The molecule has 1 aliphatic rings. The van der Waals surface area contributed by atoms with Crippen LogP contribution in [0.5, 0.6) is 5.75 Å². The van der Waals surface area contributed by atoms with Crippen LogP contribution in [-0.4, -0.2) is 42.8 Å². The third-order valence-corrected chi connectivity index (χ3v) is 6.11. The number of amides is 1. The Morgan fingerprint density at radius 2 is 1.79 bits per heavy atom. The standard InChI is InChI=1S/C23H17F6N7O2/c1-21(11-2-4-12(5-3-11)38-23(27,28)29)15-16(30)33-17(34-18(15)35-20(21)37)14-10-36-9-8-31-19(36)13(32-14)6-7-22(24,25)26/h2-5,8-10H,6-7H2,1H3,(H3,30,33,34,35,37). The molecule has 5 rings (SSSR count). The molecule has 9 nitrogen and oxygen atoms in total. The first-order chi connectivity index (χ1) is 17.7. The third kappa shape index (κ3) is 4.54. The molecule has 1 atom stereocenters. The molecule has 0 bridgehead atoms. The minimum Gasteiger partial charge on any atom is -0.406 e. The van der Waals surface area contributed by atoms with Crippen LogP contribution in [0.15, 0.2) is 42.9 Å². The zero-order valence-electron chi connectivity index (χ0n) is 19.4. The Balaban J connectivity index is 1.54. The van der Waals surface area contributed by atoms with Gasteiger partial charge in [-0.3, -0.25) is 4.79 Å². The van der Waals surface area contributed by atoms with Gasteiger partial charge in [0.25, 0.3) is 0 Å². The fourth-order valence-electron chi connectivity index (χ4n) is 4.32. The Morgan fingerprint density at radius 3 is 2.45 bits per heavy atom. The number of hydrogen-bond acceptors (Lipinski definition) is 7. The Labute approximate surface area is 209 Å². The summed E-state index contributed by atoms with van der Waals surface area (Å²) >= 11 is 0. The number of nitrogens with zero attached hydrogens (tertiary/aromatic N) is 5. The molecule has 0 aliphatic carbocycles. The van der Waals surface area contributed by atoms with Crippen molar-refractivity contribution in [1.82, 2.24) is 24.3 Å². The molecule has 3 N–H and O–H groups in total. The predicted molar refractivity (Wildman–Crippen MR) is 121 cm³/mol. The van der Waals surface area contributed by atoms with Crippen molar-refractivity contribution in [2.45, 2.75) is 37.7 Å². The molecule has 0 saturated carbocycles. The van der Waals surface area contributed by atoms with E-state index in [-0.39, 0.29) is 40.1 Å². The highest BCUT2D eigenvalue weighted by Crippen LogP contribution is 2.45. The maximum absolute atomic E-state index is 13.1. The number of aryl methyl sites for hydroxylation is 1. The number of ether oxygens (including phenoxy) is 1. The van der Waals surface area contributed by atoms with Crippen LogP contribution in [0.3, 0.4) is 0 Å². The molecule has 0 saturated heterocycles. The van der Waals surface area contributed by atoms with Crippen LogP contribution >= 0.6 is 0 Å². The van der Waals surface area contributed by atoms with E-state index in [2.05, 4.69) is 30.0 Å². The van der Waals surface area contributed by atoms with Gasteiger partial charge in [-0.1, -0.05) is 12.1 Å². The van der Waals surface area contributed by atoms with E-state index in [4.69, 9.17) is 5.73 Å². The number of rotatable bonds is 5. The highest BCUT2D eigenvalue weighted by atomic mass is 19.4. The van der Waals surface area contributed by atoms with Crippen LogP contribution in [0.4, 0.5) is 38.0 Å². The first kappa shape index (κ1) is 25.2. The van der Waals surface area contributed by atoms with Crippen LogP contribution in [0.1, 0.15) is 30.2 Å². The normalized spacial score (nSPS) is 17.5. The van der Waals surface area contributed by atoms with Crippen LogP contribution in [0.25, 0.3) is 17.2 Å². The van der Waals surface area contributed by atoms with Gasteiger partial charge in [-0.15, -0.1) is 13.2 Å². The lowest BCUT2D eigenvalue weighted by molar-refractivity contribution is -0.274. The molecule has 4 heterocycles. The average molecular weight is 537 g/mol. The van der Waals surface area contributed by atoms with E-state index in [0.29, 0.717) is 5.56 Å². The van der Waals surface area contributed by atoms with E-state index >= 15 is 0 Å². The van der Waals surface area contributed by atoms with Gasteiger partial charge >= 0.3 is 12.5 Å². The smallest absolute Gasteiger partial charge is 0.406 e. The average Bonchev–Trinajstić information content (AvgIpc) is 3.39. The van der Waals surface area contributed by atoms with Crippen molar-refractivity contribution < 1.29 is 35.9 Å². The maximum atomic E-state index is 13.1. The van der Waals surface area contributed by atoms with Crippen molar-refractivity contribution in [3.05, 3.63) is 59.7 Å². The summed E-state index contributed by atoms with van der Waals surface area (Å²) in [5, 5.41) is 2.61. The van der Waals surface area contributed by atoms with E-state index in [1.165, 1.54) is 42.0 Å². The predicted octanol–water partition coefficient (Wildman–Crippen LogP) is 4.42. The van der Waals surface area contributed by atoms with Gasteiger partial charge in [-0.25, -0.2) is 19.9 Å². The number of alkyl halides is 6. The summed E-state index contributed by atoms with van der Waals surface area (Å²) < 4.78 is 81.4. The number of hydrogen-bond donors (Lipinski definition) is 2. The van der Waals surface area contributed by atoms with Crippen molar-refractivity contribution in [2.75, 3.05) is 11.1 Å². The minimum atomic E-state index is -4.88. The Kier molecular flexibility index (Phi) is 5.69. The Hall–Kier alpha value is -4.43. The zero-order chi connectivity index (χ0) is 27.5. The molecule has 0 spiro atoms. The molecule has 0 radical (unpaired) electrons. The van der Waals surface area contributed by atoms with Crippen molar-refractivity contribution in [3.8, 4) is 17.3 Å². The van der Waals surface area contributed by atoms with Crippen molar-refractivity contribution in [1.29, 1.82) is 0 Å². The SMILES string of the molecule is CC1(c2ccc(OC(F)(F)F)cc2)C(=O)Nc2nc(-c3cn4ccnc4c(CCC(F)(F)F)n3)nc(N)c21. The highest BCUT2D eigenvalue weighted by molar-refractivity contribution is 6.09. The molecule has 1 aromatic carbocycles. The number of nitrogens with one attached hydrogen (secondary N) is 1. The molecule has 3 aromatic heterocycles. The van der Waals surface area contributed by atoms with Gasteiger partial charge in [0.05, 0.1) is 11.3 Å². The molecule has 15 heteroatoms. The van der Waals surface area contributed by atoms with Gasteiger partial charge < -0.3 is 20.2 Å². The Morgan fingerprint density at radius 1 is 1.08 bits per heavy atom. The number of carbonyl (C=O) groups is 1. The number of anilines is 2. The van der Waals surface area contributed by atoms with Crippen LogP contribution in [0, 0.1) is 0 Å². The fourth-order valence-corrected chi connectivity index (χ4v) is 4.32. The number of benzene rings is 1. The largest absolute Gasteiger partial charge is 0.573 e. The first-order valence-electron chi connectivity index (χ1n) is 11.0. The molecule has 0 fully saturated rings. The second kappa shape index (κ2) is 8.56. The maximum Gasteiger partial charge on any atom is 0.573 e. The number of aromatic nitrogens is 5. The topological polar surface area (TPSA) is 120 Å². The summed E-state index contributed by atoms with van der Waals surface area (Å²) in [5.41, 5.74) is 5.69. The van der Waals surface area contributed by atoms with E-state index in [9.17, 15) is 31.1 Å². The molecular weight excluding hydrogens is 520 g/mol. The van der Waals surface area contributed by atoms with Gasteiger partial charge in [0.15, 0.2) is 11.5 Å². The Bertz CT molecular complexity index is 1550. The van der Waals surface area contributed by atoms with Gasteiger partial charge in [0.1, 0.15) is 28.5 Å². The molecule has 198 valence electrons. The molecule has 38 heavy (non-hydrogen) atoms. The van der Waals surface area contributed by atoms with Gasteiger partial charge in [0.2, 0.25) is 5.91 Å². The van der Waals surface area contributed by atoms with E-state index in [1.54, 1.807) is 0 Å². The highest BCUT2D eigenvalue weighted by Gasteiger charge is 2.47. The van der Waals surface area contributed by atoms with E-state index in [0.717, 1.165) is 12.1 Å². The monoisotopic (exact) mass is 537 g/mol. The van der Waals surface area contributed by atoms with Crippen LogP contribution < -0.4 is 15.8 Å². The zero-order valence-corrected chi connectivity index (χ0v) is 19.4. The lowest BCUT2D eigenvalue weighted by atomic mass is 9.78. The van der Waals surface area contributed by atoms with E-state index in [1.807, 2.05) is 0 Å². The number of imidazole rings is 1. The fraction of sp³-hybridized carbons (Fsp3) is 0.261. The first-order valence-corrected chi connectivity index (χ1v) is 11.0. The van der Waals surface area contributed by atoms with E-state index < -0.39 is 42.5 Å². The lowest BCUT2D eigenvalue weighted by Gasteiger charge is -2.23. The number of nitrogen functional groups attached to an aromatic ring is 1. The number of halogens is 6. The molecule has 1 aliphatic heterocycles. The van der Waals surface area contributed by atoms with Crippen LogP contribution in [0.2, 0.25) is 0 Å². The summed E-state index contributed by atoms with van der Waals surface area (Å²) in [4.78, 5) is 30.0. The minimum absolute atomic E-state index is 0.0417. The van der Waals surface area contributed by atoms with Gasteiger partial charge in [-0.05, 0) is 24.6 Å². The number of carbonyl (C=O) groups excluding carboxylic acids is 1. The second-order valence-corrected chi connectivity index (χ2v) is 8.65.